The molecule has 0 bridgehead atoms. The third-order valence-corrected chi connectivity index (χ3v) is 4.52. The number of nitrogens with zero attached hydrogens (tertiary/aromatic N) is 3. The number of urea groups is 1. The summed E-state index contributed by atoms with van der Waals surface area (Å²) in [6.45, 7) is 3.30. The van der Waals surface area contributed by atoms with E-state index in [-0.39, 0.29) is 17.9 Å². The number of nitrogens with one attached hydrogen (secondary N) is 1. The second-order valence-electron chi connectivity index (χ2n) is 6.36. The van der Waals surface area contributed by atoms with E-state index >= 15 is 0 Å². The van der Waals surface area contributed by atoms with E-state index in [1.165, 1.54) is 12.1 Å². The highest BCUT2D eigenvalue weighted by Gasteiger charge is 2.22. The van der Waals surface area contributed by atoms with Crippen molar-refractivity contribution in [3.63, 3.8) is 0 Å². The van der Waals surface area contributed by atoms with Gasteiger partial charge in [-0.25, -0.2) is 9.18 Å². The Balaban J connectivity index is 1.80. The molecule has 1 aromatic carbocycles. The van der Waals surface area contributed by atoms with Crippen molar-refractivity contribution in [3.05, 3.63) is 65.7 Å². The predicted molar refractivity (Wildman–Crippen MR) is 94.7 cm³/mol. The Bertz CT molecular complexity index is 692. The maximum absolute atomic E-state index is 13.3. The monoisotopic (exact) mass is 342 g/mol. The van der Waals surface area contributed by atoms with E-state index in [1.54, 1.807) is 24.5 Å². The maximum atomic E-state index is 13.3. The number of carbonyl (C=O) groups is 1. The summed E-state index contributed by atoms with van der Waals surface area (Å²) < 4.78 is 13.3. The molecule has 6 heteroatoms. The molecule has 1 aromatic heterocycles. The van der Waals surface area contributed by atoms with Crippen LogP contribution in [0.4, 0.5) is 9.18 Å². The number of rotatable bonds is 3. The smallest absolute Gasteiger partial charge is 0.318 e. The average Bonchev–Trinajstić information content (AvgIpc) is 2.86. The molecule has 1 unspecified atom stereocenters. The van der Waals surface area contributed by atoms with E-state index in [4.69, 9.17) is 0 Å². The van der Waals surface area contributed by atoms with Crippen molar-refractivity contribution in [3.8, 4) is 0 Å². The molecule has 0 saturated carbocycles. The lowest BCUT2D eigenvalue weighted by Crippen LogP contribution is -2.43. The lowest BCUT2D eigenvalue weighted by molar-refractivity contribution is 0.197. The fraction of sp³-hybridized carbons (Fsp3) is 0.368. The van der Waals surface area contributed by atoms with Crippen LogP contribution in [0.5, 0.6) is 0 Å². The molecule has 0 spiro atoms. The second kappa shape index (κ2) is 8.07. The molecule has 1 atom stereocenters. The van der Waals surface area contributed by atoms with E-state index in [0.717, 1.165) is 37.2 Å². The molecule has 1 fully saturated rings. The summed E-state index contributed by atoms with van der Waals surface area (Å²) in [6.07, 6.45) is 4.35. The molecule has 0 aliphatic carbocycles. The van der Waals surface area contributed by atoms with Crippen LogP contribution in [0.15, 0.2) is 48.8 Å². The lowest BCUT2D eigenvalue weighted by atomic mass is 10.00. The largest absolute Gasteiger partial charge is 0.327 e. The number of aromatic nitrogens is 1. The summed E-state index contributed by atoms with van der Waals surface area (Å²) in [5.41, 5.74) is 1.76. The summed E-state index contributed by atoms with van der Waals surface area (Å²) in [5.74, 6) is -0.292. The Labute approximate surface area is 147 Å². The van der Waals surface area contributed by atoms with Gasteiger partial charge in [0.15, 0.2) is 0 Å². The van der Waals surface area contributed by atoms with E-state index in [1.807, 2.05) is 17.0 Å². The molecule has 1 aliphatic rings. The summed E-state index contributed by atoms with van der Waals surface area (Å²) in [4.78, 5) is 20.9. The zero-order valence-corrected chi connectivity index (χ0v) is 14.4. The molecule has 3 rings (SSSR count). The Hall–Kier alpha value is -2.47. The number of carbonyl (C=O) groups excluding carboxylic acids is 1. The predicted octanol–water partition coefficient (Wildman–Crippen LogP) is 2.66. The fourth-order valence-corrected chi connectivity index (χ4v) is 3.03. The highest BCUT2D eigenvalue weighted by atomic mass is 19.1. The van der Waals surface area contributed by atoms with E-state index in [9.17, 15) is 9.18 Å². The van der Waals surface area contributed by atoms with Crippen molar-refractivity contribution < 1.29 is 9.18 Å². The summed E-state index contributed by atoms with van der Waals surface area (Å²) in [7, 11) is 2.07. The van der Waals surface area contributed by atoms with Crippen LogP contribution >= 0.6 is 0 Å². The van der Waals surface area contributed by atoms with Gasteiger partial charge in [-0.15, -0.1) is 0 Å². The molecule has 132 valence electrons. The maximum Gasteiger partial charge on any atom is 0.318 e. The molecular formula is C19H23FN4O. The van der Waals surface area contributed by atoms with E-state index < -0.39 is 0 Å². The van der Waals surface area contributed by atoms with Gasteiger partial charge in [0.1, 0.15) is 5.82 Å². The van der Waals surface area contributed by atoms with Crippen molar-refractivity contribution in [2.24, 2.45) is 0 Å². The van der Waals surface area contributed by atoms with Crippen molar-refractivity contribution in [2.75, 3.05) is 33.2 Å². The summed E-state index contributed by atoms with van der Waals surface area (Å²) in [6, 6.07) is 9.54. The van der Waals surface area contributed by atoms with E-state index in [2.05, 4.69) is 22.2 Å². The molecular weight excluding hydrogens is 319 g/mol. The van der Waals surface area contributed by atoms with Gasteiger partial charge in [0, 0.05) is 32.0 Å². The third-order valence-electron chi connectivity index (χ3n) is 4.52. The van der Waals surface area contributed by atoms with Crippen molar-refractivity contribution in [1.29, 1.82) is 0 Å². The molecule has 1 aliphatic heterocycles. The second-order valence-corrected chi connectivity index (χ2v) is 6.36. The molecule has 2 amide bonds. The highest BCUT2D eigenvalue weighted by Crippen LogP contribution is 2.22. The zero-order valence-electron chi connectivity index (χ0n) is 14.4. The first-order chi connectivity index (χ1) is 12.1. The Morgan fingerprint density at radius 2 is 1.72 bits per heavy atom. The van der Waals surface area contributed by atoms with Crippen molar-refractivity contribution in [1.82, 2.24) is 20.1 Å². The van der Waals surface area contributed by atoms with Crippen molar-refractivity contribution >= 4 is 6.03 Å². The zero-order chi connectivity index (χ0) is 17.6. The van der Waals surface area contributed by atoms with Gasteiger partial charge in [0.2, 0.25) is 0 Å². The number of hydrogen-bond acceptors (Lipinski definition) is 3. The third kappa shape index (κ3) is 4.54. The van der Waals surface area contributed by atoms with Crippen LogP contribution in [0.1, 0.15) is 23.6 Å². The lowest BCUT2D eigenvalue weighted by Gasteiger charge is -2.26. The van der Waals surface area contributed by atoms with Gasteiger partial charge >= 0.3 is 6.03 Å². The van der Waals surface area contributed by atoms with Crippen LogP contribution in [0.3, 0.4) is 0 Å². The normalized spacial score (nSPS) is 17.0. The first kappa shape index (κ1) is 17.4. The minimum atomic E-state index is -0.336. The van der Waals surface area contributed by atoms with E-state index in [0.29, 0.717) is 6.54 Å². The summed E-state index contributed by atoms with van der Waals surface area (Å²) in [5, 5.41) is 3.10. The number of likely N-dealkylation sites (N-methyl/N-ethyl adjacent to an activating group) is 1. The Kier molecular flexibility index (Phi) is 5.60. The van der Waals surface area contributed by atoms with Crippen molar-refractivity contribution in [2.45, 2.75) is 12.5 Å². The van der Waals surface area contributed by atoms with Crippen LogP contribution in [0.2, 0.25) is 0 Å². The molecule has 1 N–H and O–H groups in total. The fourth-order valence-electron chi connectivity index (χ4n) is 3.03. The quantitative estimate of drug-likeness (QED) is 0.933. The van der Waals surface area contributed by atoms with Crippen LogP contribution in [-0.4, -0.2) is 54.0 Å². The number of amides is 2. The number of pyridine rings is 1. The number of hydrogen-bond donors (Lipinski definition) is 1. The van der Waals surface area contributed by atoms with Gasteiger partial charge in [-0.1, -0.05) is 12.1 Å². The topological polar surface area (TPSA) is 48.5 Å². The molecule has 2 aromatic rings. The van der Waals surface area contributed by atoms with Gasteiger partial charge in [0.25, 0.3) is 0 Å². The van der Waals surface area contributed by atoms with Gasteiger partial charge in [-0.05, 0) is 55.4 Å². The van der Waals surface area contributed by atoms with Crippen LogP contribution in [0, 0.1) is 5.82 Å². The summed E-state index contributed by atoms with van der Waals surface area (Å²) >= 11 is 0. The SMILES string of the molecule is CN1CCCN(C(=O)NC(c2ccncc2)c2ccc(F)cc2)CC1. The molecule has 2 heterocycles. The van der Waals surface area contributed by atoms with Gasteiger partial charge in [-0.3, -0.25) is 4.98 Å². The highest BCUT2D eigenvalue weighted by molar-refractivity contribution is 5.75. The Morgan fingerprint density at radius 1 is 1.04 bits per heavy atom. The van der Waals surface area contributed by atoms with Gasteiger partial charge < -0.3 is 15.1 Å². The molecule has 25 heavy (non-hydrogen) atoms. The van der Waals surface area contributed by atoms with Crippen LogP contribution in [0.25, 0.3) is 0 Å². The van der Waals surface area contributed by atoms with Gasteiger partial charge in [-0.2, -0.15) is 0 Å². The van der Waals surface area contributed by atoms with Crippen LogP contribution < -0.4 is 5.32 Å². The average molecular weight is 342 g/mol. The Morgan fingerprint density at radius 3 is 2.44 bits per heavy atom. The first-order valence-electron chi connectivity index (χ1n) is 8.53. The minimum Gasteiger partial charge on any atom is -0.327 e. The standard InChI is InChI=1S/C19H23FN4O/c1-23-11-2-12-24(14-13-23)19(25)22-18(16-7-9-21-10-8-16)15-3-5-17(20)6-4-15/h3-10,18H,2,11-14H2,1H3,(H,22,25). The van der Waals surface area contributed by atoms with Crippen LogP contribution in [-0.2, 0) is 0 Å². The first-order valence-corrected chi connectivity index (χ1v) is 8.53. The minimum absolute atomic E-state index is 0.0959. The number of benzene rings is 1. The molecule has 5 nitrogen and oxygen atoms in total. The molecule has 0 radical (unpaired) electrons. The van der Waals surface area contributed by atoms with Gasteiger partial charge in [0.05, 0.1) is 6.04 Å². The molecule has 1 saturated heterocycles. The number of halogens is 1.